The molecule has 0 aliphatic heterocycles. The molecule has 1 aromatic carbocycles. The maximum absolute atomic E-state index is 11.8. The van der Waals surface area contributed by atoms with Gasteiger partial charge in [0.1, 0.15) is 5.78 Å². The average molecular weight is 271 g/mol. The second-order valence-corrected chi connectivity index (χ2v) is 5.98. The van der Waals surface area contributed by atoms with Crippen LogP contribution in [0.1, 0.15) is 19.8 Å². The van der Waals surface area contributed by atoms with Gasteiger partial charge in [-0.05, 0) is 25.5 Å². The highest BCUT2D eigenvalue weighted by atomic mass is 32.2. The van der Waals surface area contributed by atoms with E-state index in [0.717, 1.165) is 12.1 Å². The fourth-order valence-corrected chi connectivity index (χ4v) is 2.72. The third-order valence-corrected chi connectivity index (χ3v) is 4.17. The summed E-state index contributed by atoms with van der Waals surface area (Å²) in [7, 11) is -3.47. The van der Waals surface area contributed by atoms with E-state index in [9.17, 15) is 23.3 Å². The quantitative estimate of drug-likeness (QED) is 0.580. The maximum Gasteiger partial charge on any atom is 0.269 e. The Balaban J connectivity index is 2.79. The van der Waals surface area contributed by atoms with E-state index >= 15 is 0 Å². The second-order valence-electron chi connectivity index (χ2n) is 3.88. The third-order valence-electron chi connectivity index (χ3n) is 2.35. The molecular weight excluding hydrogens is 258 g/mol. The number of nitrogens with zero attached hydrogens (tertiary/aromatic N) is 1. The van der Waals surface area contributed by atoms with Crippen molar-refractivity contribution in [3.63, 3.8) is 0 Å². The van der Waals surface area contributed by atoms with Gasteiger partial charge in [-0.25, -0.2) is 8.42 Å². The zero-order valence-corrected chi connectivity index (χ0v) is 10.6. The minimum atomic E-state index is -3.47. The van der Waals surface area contributed by atoms with Gasteiger partial charge in [-0.3, -0.25) is 10.1 Å². The van der Waals surface area contributed by atoms with E-state index in [0.29, 0.717) is 0 Å². The minimum absolute atomic E-state index is 0.0386. The number of nitro groups is 1. The molecule has 0 amide bonds. The first-order valence-electron chi connectivity index (χ1n) is 5.29. The van der Waals surface area contributed by atoms with Gasteiger partial charge in [0, 0.05) is 18.6 Å². The van der Waals surface area contributed by atoms with Gasteiger partial charge in [0.25, 0.3) is 5.69 Å². The van der Waals surface area contributed by atoms with Crippen LogP contribution in [0.25, 0.3) is 0 Å². The van der Waals surface area contributed by atoms with Crippen LogP contribution in [-0.4, -0.2) is 24.9 Å². The Bertz CT molecular complexity index is 547. The Kier molecular flexibility index (Phi) is 4.55. The minimum Gasteiger partial charge on any atom is -0.300 e. The number of carbonyl (C=O) groups excluding carboxylic acids is 1. The predicted octanol–water partition coefficient (Wildman–Crippen LogP) is 1.74. The van der Waals surface area contributed by atoms with Gasteiger partial charge in [-0.15, -0.1) is 0 Å². The van der Waals surface area contributed by atoms with Crippen LogP contribution in [0.15, 0.2) is 29.2 Å². The Labute approximate surface area is 105 Å². The van der Waals surface area contributed by atoms with Gasteiger partial charge in [0.2, 0.25) is 0 Å². The summed E-state index contributed by atoms with van der Waals surface area (Å²) in [6.07, 6.45) is 0.473. The number of Topliss-reactive ketones (excluding diaryl/α,β-unsaturated/α-hetero) is 1. The van der Waals surface area contributed by atoms with Crippen LogP contribution < -0.4 is 0 Å². The zero-order chi connectivity index (χ0) is 13.8. The molecule has 98 valence electrons. The first-order valence-corrected chi connectivity index (χ1v) is 6.95. The summed E-state index contributed by atoms with van der Waals surface area (Å²) in [6, 6.07) is 4.72. The summed E-state index contributed by atoms with van der Waals surface area (Å²) in [5.41, 5.74) is -0.155. The van der Waals surface area contributed by atoms with Crippen molar-refractivity contribution in [1.29, 1.82) is 0 Å². The van der Waals surface area contributed by atoms with Crippen molar-refractivity contribution in [3.8, 4) is 0 Å². The first kappa shape index (κ1) is 14.3. The largest absolute Gasteiger partial charge is 0.300 e. The molecule has 0 saturated carbocycles. The highest BCUT2D eigenvalue weighted by molar-refractivity contribution is 7.91. The molecule has 0 fully saturated rings. The van der Waals surface area contributed by atoms with Gasteiger partial charge in [-0.1, -0.05) is 0 Å². The van der Waals surface area contributed by atoms with Crippen molar-refractivity contribution < 1.29 is 18.1 Å². The lowest BCUT2D eigenvalue weighted by molar-refractivity contribution is -0.384. The molecule has 7 heteroatoms. The van der Waals surface area contributed by atoms with Crippen LogP contribution >= 0.6 is 0 Å². The first-order chi connectivity index (χ1) is 8.33. The molecule has 0 aliphatic carbocycles. The molecule has 18 heavy (non-hydrogen) atoms. The molecule has 0 aromatic heterocycles. The average Bonchev–Trinajstić information content (AvgIpc) is 2.28. The van der Waals surface area contributed by atoms with Crippen molar-refractivity contribution in [2.24, 2.45) is 0 Å². The number of non-ortho nitro benzene ring substituents is 1. The fourth-order valence-electron chi connectivity index (χ4n) is 1.40. The van der Waals surface area contributed by atoms with E-state index in [1.165, 1.54) is 19.1 Å². The van der Waals surface area contributed by atoms with Crippen molar-refractivity contribution in [2.45, 2.75) is 24.7 Å². The normalized spacial score (nSPS) is 11.2. The molecule has 1 aromatic rings. The van der Waals surface area contributed by atoms with E-state index in [1.807, 2.05) is 0 Å². The molecule has 0 spiro atoms. The standard InChI is InChI=1S/C11H13NO5S/c1-9(13)3-2-8-18(16,17)11-6-4-10(5-7-11)12(14)15/h4-7H,2-3,8H2,1H3. The van der Waals surface area contributed by atoms with E-state index in [4.69, 9.17) is 0 Å². The van der Waals surface area contributed by atoms with Crippen molar-refractivity contribution >= 4 is 21.3 Å². The summed E-state index contributed by atoms with van der Waals surface area (Å²) in [4.78, 5) is 20.6. The Morgan fingerprint density at radius 2 is 1.83 bits per heavy atom. The smallest absolute Gasteiger partial charge is 0.269 e. The SMILES string of the molecule is CC(=O)CCCS(=O)(=O)c1ccc([N+](=O)[O-])cc1. The number of rotatable bonds is 6. The summed E-state index contributed by atoms with van der Waals surface area (Å²) in [5.74, 6) is -0.196. The highest BCUT2D eigenvalue weighted by Crippen LogP contribution is 2.17. The number of nitro benzene ring substituents is 1. The molecule has 0 saturated heterocycles. The van der Waals surface area contributed by atoms with E-state index < -0.39 is 14.8 Å². The molecule has 0 unspecified atom stereocenters. The lowest BCUT2D eigenvalue weighted by Gasteiger charge is -2.03. The van der Waals surface area contributed by atoms with Gasteiger partial charge in [0.15, 0.2) is 9.84 Å². The second kappa shape index (κ2) is 5.72. The topological polar surface area (TPSA) is 94.3 Å². The van der Waals surface area contributed by atoms with Crippen LogP contribution in [0.5, 0.6) is 0 Å². The van der Waals surface area contributed by atoms with Gasteiger partial charge >= 0.3 is 0 Å². The lowest BCUT2D eigenvalue weighted by Crippen LogP contribution is -2.08. The number of benzene rings is 1. The zero-order valence-electron chi connectivity index (χ0n) is 9.83. The predicted molar refractivity (Wildman–Crippen MR) is 65.1 cm³/mol. The van der Waals surface area contributed by atoms with Crippen LogP contribution in [-0.2, 0) is 14.6 Å². The number of carbonyl (C=O) groups is 1. The molecule has 0 bridgehead atoms. The van der Waals surface area contributed by atoms with Crippen LogP contribution in [0.2, 0.25) is 0 Å². The summed E-state index contributed by atoms with van der Waals surface area (Å²) >= 11 is 0. The number of sulfone groups is 1. The Hall–Kier alpha value is -1.76. The van der Waals surface area contributed by atoms with Gasteiger partial charge in [0.05, 0.1) is 15.6 Å². The monoisotopic (exact) mass is 271 g/mol. The molecule has 1 rings (SSSR count). The van der Waals surface area contributed by atoms with Crippen molar-refractivity contribution in [3.05, 3.63) is 34.4 Å². The number of hydrogen-bond donors (Lipinski definition) is 0. The molecule has 6 nitrogen and oxygen atoms in total. The summed E-state index contributed by atoms with van der Waals surface area (Å²) in [5, 5.41) is 10.4. The van der Waals surface area contributed by atoms with E-state index in [2.05, 4.69) is 0 Å². The van der Waals surface area contributed by atoms with Crippen molar-refractivity contribution in [2.75, 3.05) is 5.75 Å². The molecule has 0 N–H and O–H groups in total. The van der Waals surface area contributed by atoms with Gasteiger partial charge in [-0.2, -0.15) is 0 Å². The molecule has 0 heterocycles. The summed E-state index contributed by atoms with van der Waals surface area (Å²) < 4.78 is 23.6. The third kappa shape index (κ3) is 3.92. The number of hydrogen-bond acceptors (Lipinski definition) is 5. The number of ketones is 1. The highest BCUT2D eigenvalue weighted by Gasteiger charge is 2.15. The molecule has 0 radical (unpaired) electrons. The maximum atomic E-state index is 11.8. The molecule has 0 atom stereocenters. The van der Waals surface area contributed by atoms with Crippen LogP contribution in [0, 0.1) is 10.1 Å². The Morgan fingerprint density at radius 1 is 1.28 bits per heavy atom. The van der Waals surface area contributed by atoms with E-state index in [1.54, 1.807) is 0 Å². The Morgan fingerprint density at radius 3 is 2.28 bits per heavy atom. The lowest BCUT2D eigenvalue weighted by atomic mass is 10.3. The van der Waals surface area contributed by atoms with Crippen LogP contribution in [0.3, 0.4) is 0 Å². The molecule has 0 aliphatic rings. The van der Waals surface area contributed by atoms with Crippen molar-refractivity contribution in [1.82, 2.24) is 0 Å². The molecular formula is C11H13NO5S. The summed E-state index contributed by atoms with van der Waals surface area (Å²) in [6.45, 7) is 1.40. The van der Waals surface area contributed by atoms with Gasteiger partial charge < -0.3 is 4.79 Å². The van der Waals surface area contributed by atoms with Crippen LogP contribution in [0.4, 0.5) is 5.69 Å². The van der Waals surface area contributed by atoms with E-state index in [-0.39, 0.29) is 35.0 Å². The fraction of sp³-hybridized carbons (Fsp3) is 0.364.